The topological polar surface area (TPSA) is 80.4 Å². The number of nitrogens with zero attached hydrogens (tertiary/aromatic N) is 4. The fourth-order valence-electron chi connectivity index (χ4n) is 5.16. The van der Waals surface area contributed by atoms with Gasteiger partial charge in [0.25, 0.3) is 0 Å². The van der Waals surface area contributed by atoms with Crippen LogP contribution in [0.5, 0.6) is 5.75 Å². The number of aromatic nitrogens is 3. The zero-order valence-corrected chi connectivity index (χ0v) is 18.1. The molecule has 7 nitrogen and oxygen atoms in total. The standard InChI is InChI=1S/C25H21FN4O3/c1-25(2)13-30(29-10-9-19(31)23(32)22(29)24(25)33)21-15-6-4-3-5-14(15)12-28-20-16(21)7-8-18(26)17(20)11-27-28/h3-11,21,32H,12-13H2,1-2H3. The number of hydrogen-bond acceptors (Lipinski definition) is 5. The van der Waals surface area contributed by atoms with E-state index < -0.39 is 22.6 Å². The van der Waals surface area contributed by atoms with Crippen LogP contribution in [0.15, 0.2) is 59.7 Å². The van der Waals surface area contributed by atoms with Gasteiger partial charge in [-0.15, -0.1) is 0 Å². The quantitative estimate of drug-likeness (QED) is 0.487. The van der Waals surface area contributed by atoms with Crippen molar-refractivity contribution in [3.63, 3.8) is 0 Å². The molecule has 2 aromatic heterocycles. The predicted molar refractivity (Wildman–Crippen MR) is 121 cm³/mol. The molecular weight excluding hydrogens is 423 g/mol. The average Bonchev–Trinajstić information content (AvgIpc) is 3.15. The van der Waals surface area contributed by atoms with Crippen molar-refractivity contribution in [1.29, 1.82) is 0 Å². The van der Waals surface area contributed by atoms with Crippen molar-refractivity contribution in [3.05, 3.63) is 93.3 Å². The Hall–Kier alpha value is -3.94. The van der Waals surface area contributed by atoms with Gasteiger partial charge in [-0.3, -0.25) is 24.0 Å². The molecule has 8 heteroatoms. The molecule has 166 valence electrons. The molecule has 4 aromatic rings. The molecule has 0 saturated heterocycles. The Morgan fingerprint density at radius 1 is 1.09 bits per heavy atom. The normalized spacial score (nSPS) is 18.7. The molecule has 1 atom stereocenters. The predicted octanol–water partition coefficient (Wildman–Crippen LogP) is 3.35. The molecule has 0 amide bonds. The number of fused-ring (bicyclic) bond motifs is 2. The van der Waals surface area contributed by atoms with Crippen LogP contribution in [0, 0.1) is 11.2 Å². The van der Waals surface area contributed by atoms with E-state index in [9.17, 15) is 19.1 Å². The summed E-state index contributed by atoms with van der Waals surface area (Å²) in [5.74, 6) is -1.21. The van der Waals surface area contributed by atoms with Crippen LogP contribution in [0.25, 0.3) is 10.9 Å². The lowest BCUT2D eigenvalue weighted by Crippen LogP contribution is -2.54. The van der Waals surface area contributed by atoms with Crippen molar-refractivity contribution >= 4 is 16.7 Å². The molecule has 0 radical (unpaired) electrons. The molecule has 2 aliphatic heterocycles. The minimum absolute atomic E-state index is 0.0349. The lowest BCUT2D eigenvalue weighted by molar-refractivity contribution is 0.0787. The number of ketones is 1. The van der Waals surface area contributed by atoms with Gasteiger partial charge in [-0.1, -0.05) is 44.2 Å². The third-order valence-corrected chi connectivity index (χ3v) is 6.76. The lowest BCUT2D eigenvalue weighted by atomic mass is 9.82. The fraction of sp³-hybridized carbons (Fsp3) is 0.240. The second-order valence-electron chi connectivity index (χ2n) is 9.33. The van der Waals surface area contributed by atoms with Gasteiger partial charge < -0.3 is 5.11 Å². The first kappa shape index (κ1) is 19.7. The number of aromatic hydroxyl groups is 1. The summed E-state index contributed by atoms with van der Waals surface area (Å²) in [4.78, 5) is 25.5. The van der Waals surface area contributed by atoms with Gasteiger partial charge in [0, 0.05) is 29.8 Å². The van der Waals surface area contributed by atoms with E-state index in [0.717, 1.165) is 16.7 Å². The first-order chi connectivity index (χ1) is 15.8. The summed E-state index contributed by atoms with van der Waals surface area (Å²) in [6.45, 7) is 4.41. The van der Waals surface area contributed by atoms with Crippen LogP contribution in [0.3, 0.4) is 0 Å². The van der Waals surface area contributed by atoms with Crippen molar-refractivity contribution in [1.82, 2.24) is 14.5 Å². The maximum Gasteiger partial charge on any atom is 0.224 e. The highest BCUT2D eigenvalue weighted by molar-refractivity contribution is 6.02. The number of carbonyl (C=O) groups is 1. The Morgan fingerprint density at radius 2 is 1.88 bits per heavy atom. The Labute approximate surface area is 188 Å². The SMILES string of the molecule is CC1(C)CN(C2c3ccccc3Cn3ncc4c(F)ccc2c43)n2ccc(=O)c(O)c2C1=O. The summed E-state index contributed by atoms with van der Waals surface area (Å²) in [5.41, 5.74) is 2.03. The van der Waals surface area contributed by atoms with Gasteiger partial charge >= 0.3 is 0 Å². The maximum atomic E-state index is 14.7. The number of benzene rings is 2. The van der Waals surface area contributed by atoms with E-state index >= 15 is 0 Å². The van der Waals surface area contributed by atoms with E-state index in [-0.39, 0.29) is 17.3 Å². The minimum Gasteiger partial charge on any atom is -0.503 e. The summed E-state index contributed by atoms with van der Waals surface area (Å²) in [7, 11) is 0. The molecule has 0 saturated carbocycles. The summed E-state index contributed by atoms with van der Waals surface area (Å²) in [5, 5.41) is 17.4. The maximum absolute atomic E-state index is 14.7. The van der Waals surface area contributed by atoms with Crippen LogP contribution in [0.2, 0.25) is 0 Å². The number of carbonyl (C=O) groups excluding carboxylic acids is 1. The molecule has 0 bridgehead atoms. The first-order valence-electron chi connectivity index (χ1n) is 10.8. The molecule has 1 unspecified atom stereocenters. The zero-order valence-electron chi connectivity index (χ0n) is 18.1. The van der Waals surface area contributed by atoms with E-state index in [2.05, 4.69) is 5.10 Å². The summed E-state index contributed by atoms with van der Waals surface area (Å²) >= 11 is 0. The molecule has 0 aliphatic carbocycles. The van der Waals surface area contributed by atoms with Crippen LogP contribution in [-0.2, 0) is 6.54 Å². The Balaban J connectivity index is 1.70. The molecule has 4 heterocycles. The largest absolute Gasteiger partial charge is 0.503 e. The highest BCUT2D eigenvalue weighted by atomic mass is 19.1. The van der Waals surface area contributed by atoms with E-state index in [0.29, 0.717) is 24.0 Å². The number of hydrogen-bond donors (Lipinski definition) is 1. The zero-order chi connectivity index (χ0) is 23.1. The van der Waals surface area contributed by atoms with Gasteiger partial charge in [0.15, 0.2) is 17.2 Å². The minimum atomic E-state index is -0.869. The molecule has 0 fully saturated rings. The van der Waals surface area contributed by atoms with Crippen LogP contribution < -0.4 is 10.4 Å². The van der Waals surface area contributed by atoms with Crippen LogP contribution in [0.4, 0.5) is 4.39 Å². The first-order valence-corrected chi connectivity index (χ1v) is 10.8. The van der Waals surface area contributed by atoms with Gasteiger partial charge in [-0.2, -0.15) is 5.10 Å². The number of halogens is 1. The van der Waals surface area contributed by atoms with Gasteiger partial charge in [0.05, 0.1) is 29.7 Å². The van der Waals surface area contributed by atoms with Gasteiger partial charge in [0.1, 0.15) is 5.82 Å². The molecule has 33 heavy (non-hydrogen) atoms. The van der Waals surface area contributed by atoms with Crippen molar-refractivity contribution in [2.24, 2.45) is 5.41 Å². The van der Waals surface area contributed by atoms with E-state index in [4.69, 9.17) is 0 Å². The molecule has 2 aliphatic rings. The van der Waals surface area contributed by atoms with E-state index in [1.165, 1.54) is 18.3 Å². The second kappa shape index (κ2) is 6.54. The number of Topliss-reactive ketones (excluding diaryl/α,β-unsaturated/α-hetero) is 1. The van der Waals surface area contributed by atoms with Gasteiger partial charge in [0.2, 0.25) is 5.43 Å². The van der Waals surface area contributed by atoms with Crippen molar-refractivity contribution in [2.45, 2.75) is 26.4 Å². The highest BCUT2D eigenvalue weighted by Gasteiger charge is 2.44. The summed E-state index contributed by atoms with van der Waals surface area (Å²) in [6.07, 6.45) is 3.06. The van der Waals surface area contributed by atoms with Crippen molar-refractivity contribution in [3.8, 4) is 5.75 Å². The molecule has 1 N–H and O–H groups in total. The molecular formula is C25H21FN4O3. The van der Waals surface area contributed by atoms with E-state index in [1.807, 2.05) is 29.3 Å². The fourth-order valence-corrected chi connectivity index (χ4v) is 5.16. The number of pyridine rings is 1. The summed E-state index contributed by atoms with van der Waals surface area (Å²) < 4.78 is 18.1. The van der Waals surface area contributed by atoms with Gasteiger partial charge in [-0.05, 0) is 17.2 Å². The Kier molecular flexibility index (Phi) is 3.91. The van der Waals surface area contributed by atoms with Crippen LogP contribution >= 0.6 is 0 Å². The number of rotatable bonds is 1. The molecule has 0 spiro atoms. The Bertz CT molecular complexity index is 1530. The highest BCUT2D eigenvalue weighted by Crippen LogP contribution is 2.42. The van der Waals surface area contributed by atoms with Crippen LogP contribution in [0.1, 0.15) is 47.1 Å². The summed E-state index contributed by atoms with van der Waals surface area (Å²) in [6, 6.07) is 12.0. The monoisotopic (exact) mass is 444 g/mol. The lowest BCUT2D eigenvalue weighted by Gasteiger charge is -2.45. The van der Waals surface area contributed by atoms with Crippen molar-refractivity contribution < 1.29 is 14.3 Å². The van der Waals surface area contributed by atoms with Gasteiger partial charge in [-0.25, -0.2) is 4.39 Å². The third kappa shape index (κ3) is 2.63. The third-order valence-electron chi connectivity index (χ3n) is 6.76. The second-order valence-corrected chi connectivity index (χ2v) is 9.33. The molecule has 2 aromatic carbocycles. The van der Waals surface area contributed by atoms with Crippen molar-refractivity contribution in [2.75, 3.05) is 11.6 Å². The average molecular weight is 444 g/mol. The van der Waals surface area contributed by atoms with Crippen LogP contribution in [-0.4, -0.2) is 31.9 Å². The van der Waals surface area contributed by atoms with E-state index in [1.54, 1.807) is 35.5 Å². The smallest absolute Gasteiger partial charge is 0.224 e. The molecule has 6 rings (SSSR count). The Morgan fingerprint density at radius 3 is 2.70 bits per heavy atom.